The smallest absolute Gasteiger partial charge is 0.270 e. The number of amides is 2. The van der Waals surface area contributed by atoms with E-state index < -0.39 is 6.04 Å². The minimum absolute atomic E-state index is 0.155. The number of carbonyl (C=O) groups excluding carboxylic acids is 2. The molecule has 2 aromatic carbocycles. The van der Waals surface area contributed by atoms with E-state index in [-0.39, 0.29) is 17.9 Å². The van der Waals surface area contributed by atoms with Gasteiger partial charge in [0.05, 0.1) is 17.8 Å². The van der Waals surface area contributed by atoms with Gasteiger partial charge in [0.15, 0.2) is 0 Å². The number of aromatic nitrogens is 2. The van der Waals surface area contributed by atoms with Crippen molar-refractivity contribution in [3.05, 3.63) is 78.1 Å². The van der Waals surface area contributed by atoms with Crippen molar-refractivity contribution in [2.24, 2.45) is 0 Å². The summed E-state index contributed by atoms with van der Waals surface area (Å²) in [6.07, 6.45) is 4.18. The Kier molecular flexibility index (Phi) is 6.75. The van der Waals surface area contributed by atoms with Crippen LogP contribution in [-0.4, -0.2) is 39.8 Å². The van der Waals surface area contributed by atoms with Gasteiger partial charge in [0.25, 0.3) is 5.91 Å². The zero-order chi connectivity index (χ0) is 22.5. The van der Waals surface area contributed by atoms with Crippen LogP contribution >= 0.6 is 11.8 Å². The molecule has 0 bridgehead atoms. The van der Waals surface area contributed by atoms with Gasteiger partial charge in [-0.25, -0.2) is 4.98 Å². The fourth-order valence-corrected chi connectivity index (χ4v) is 4.22. The first-order valence-corrected chi connectivity index (χ1v) is 12.0. The van der Waals surface area contributed by atoms with Crippen molar-refractivity contribution < 1.29 is 9.59 Å². The summed E-state index contributed by atoms with van der Waals surface area (Å²) in [6.45, 7) is 1.94. The monoisotopic (exact) mass is 446 g/mol. The number of carbonyl (C=O) groups is 2. The van der Waals surface area contributed by atoms with Gasteiger partial charge in [-0.15, -0.1) is 0 Å². The number of para-hydroxylation sites is 1. The quantitative estimate of drug-likeness (QED) is 0.373. The summed E-state index contributed by atoms with van der Waals surface area (Å²) in [4.78, 5) is 33.6. The number of aromatic amines is 1. The van der Waals surface area contributed by atoms with Gasteiger partial charge < -0.3 is 15.6 Å². The summed E-state index contributed by atoms with van der Waals surface area (Å²) in [6, 6.07) is 18.7. The Hall–Kier alpha value is -3.32. The third-order valence-electron chi connectivity index (χ3n) is 5.51. The summed E-state index contributed by atoms with van der Waals surface area (Å²) in [7, 11) is 0. The molecule has 0 aliphatic heterocycles. The second kappa shape index (κ2) is 9.87. The molecule has 2 heterocycles. The molecule has 0 saturated heterocycles. The number of nitrogens with one attached hydrogen (secondary N) is 3. The molecule has 4 rings (SSSR count). The molecule has 0 saturated carbocycles. The Morgan fingerprint density at radius 1 is 1.00 bits per heavy atom. The van der Waals surface area contributed by atoms with Gasteiger partial charge in [0.2, 0.25) is 5.91 Å². The van der Waals surface area contributed by atoms with Gasteiger partial charge in [0.1, 0.15) is 11.7 Å². The number of rotatable bonds is 8. The van der Waals surface area contributed by atoms with Crippen LogP contribution in [0.4, 0.5) is 0 Å². The molecule has 4 aromatic rings. The van der Waals surface area contributed by atoms with Crippen molar-refractivity contribution in [2.75, 3.05) is 12.0 Å². The summed E-state index contributed by atoms with van der Waals surface area (Å²) in [5.74, 6) is 0.204. The zero-order valence-electron chi connectivity index (χ0n) is 18.1. The van der Waals surface area contributed by atoms with Crippen molar-refractivity contribution in [1.29, 1.82) is 0 Å². The van der Waals surface area contributed by atoms with Gasteiger partial charge in [0, 0.05) is 16.3 Å². The molecule has 0 aliphatic rings. The molecule has 3 N–H and O–H groups in total. The highest BCUT2D eigenvalue weighted by Crippen LogP contribution is 2.25. The van der Waals surface area contributed by atoms with E-state index in [0.717, 1.165) is 33.1 Å². The van der Waals surface area contributed by atoms with Crippen molar-refractivity contribution in [1.82, 2.24) is 20.6 Å². The number of fused-ring (bicyclic) bond motifs is 3. The summed E-state index contributed by atoms with van der Waals surface area (Å²) in [5, 5.41) is 7.88. The molecule has 2 atom stereocenters. The predicted molar refractivity (Wildman–Crippen MR) is 131 cm³/mol. The highest BCUT2D eigenvalue weighted by atomic mass is 32.2. The van der Waals surface area contributed by atoms with Crippen LogP contribution in [0.2, 0.25) is 0 Å². The fraction of sp³-hybridized carbons (Fsp3) is 0.240. The molecule has 0 radical (unpaired) electrons. The summed E-state index contributed by atoms with van der Waals surface area (Å²) < 4.78 is 0. The maximum Gasteiger partial charge on any atom is 0.270 e. The van der Waals surface area contributed by atoms with Gasteiger partial charge in [-0.05, 0) is 43.0 Å². The molecular weight excluding hydrogens is 420 g/mol. The third-order valence-corrected chi connectivity index (χ3v) is 6.16. The number of nitrogens with zero attached hydrogens (tertiary/aromatic N) is 1. The number of hydrogen-bond acceptors (Lipinski definition) is 4. The topological polar surface area (TPSA) is 86.9 Å². The number of benzene rings is 2. The Bertz CT molecular complexity index is 1240. The molecule has 6 nitrogen and oxygen atoms in total. The minimum Gasteiger partial charge on any atom is -0.353 e. The zero-order valence-corrected chi connectivity index (χ0v) is 18.9. The first-order valence-electron chi connectivity index (χ1n) is 10.6. The van der Waals surface area contributed by atoms with Gasteiger partial charge >= 0.3 is 0 Å². The van der Waals surface area contributed by atoms with Crippen LogP contribution < -0.4 is 10.6 Å². The standard InChI is InChI=1S/C25H26N4O2S/c1-16(17-8-4-3-5-9-17)27-24(30)21(12-13-32-2)29-25(31)22-14-19-18-10-6-7-11-20(18)28-23(19)15-26-22/h3-11,14-16,21,28H,12-13H2,1-2H3,(H,27,30)(H,29,31). The Balaban J connectivity index is 1.52. The van der Waals surface area contributed by atoms with Crippen molar-refractivity contribution in [2.45, 2.75) is 25.4 Å². The van der Waals surface area contributed by atoms with Crippen LogP contribution in [0.1, 0.15) is 35.4 Å². The summed E-state index contributed by atoms with van der Waals surface area (Å²) in [5.41, 5.74) is 3.17. The molecule has 7 heteroatoms. The molecule has 2 aromatic heterocycles. The lowest BCUT2D eigenvalue weighted by atomic mass is 10.1. The highest BCUT2D eigenvalue weighted by Gasteiger charge is 2.23. The van der Waals surface area contributed by atoms with E-state index >= 15 is 0 Å². The third kappa shape index (κ3) is 4.78. The van der Waals surface area contributed by atoms with Gasteiger partial charge in [-0.1, -0.05) is 48.5 Å². The van der Waals surface area contributed by atoms with Crippen LogP contribution in [0.15, 0.2) is 66.9 Å². The molecule has 0 aliphatic carbocycles. The Labute approximate surface area is 191 Å². The van der Waals surface area contributed by atoms with E-state index in [4.69, 9.17) is 0 Å². The Morgan fingerprint density at radius 2 is 1.75 bits per heavy atom. The Morgan fingerprint density at radius 3 is 2.53 bits per heavy atom. The average molecular weight is 447 g/mol. The maximum absolute atomic E-state index is 13.0. The lowest BCUT2D eigenvalue weighted by Crippen LogP contribution is -2.47. The van der Waals surface area contributed by atoms with Gasteiger partial charge in [-0.2, -0.15) is 11.8 Å². The first kappa shape index (κ1) is 21.9. The number of H-pyrrole nitrogens is 1. The van der Waals surface area contributed by atoms with E-state index in [2.05, 4.69) is 20.6 Å². The molecule has 2 amide bonds. The van der Waals surface area contributed by atoms with E-state index in [9.17, 15) is 9.59 Å². The van der Waals surface area contributed by atoms with Crippen LogP contribution in [-0.2, 0) is 4.79 Å². The lowest BCUT2D eigenvalue weighted by molar-refractivity contribution is -0.123. The highest BCUT2D eigenvalue weighted by molar-refractivity contribution is 7.98. The molecule has 32 heavy (non-hydrogen) atoms. The van der Waals surface area contributed by atoms with Crippen LogP contribution in [0.25, 0.3) is 21.8 Å². The van der Waals surface area contributed by atoms with E-state index in [1.54, 1.807) is 24.0 Å². The molecule has 164 valence electrons. The molecule has 0 spiro atoms. The normalized spacial score (nSPS) is 13.1. The largest absolute Gasteiger partial charge is 0.353 e. The summed E-state index contributed by atoms with van der Waals surface area (Å²) >= 11 is 1.64. The second-order valence-electron chi connectivity index (χ2n) is 7.73. The lowest BCUT2D eigenvalue weighted by Gasteiger charge is -2.21. The van der Waals surface area contributed by atoms with E-state index in [1.165, 1.54) is 0 Å². The first-order chi connectivity index (χ1) is 15.6. The number of hydrogen-bond donors (Lipinski definition) is 3. The molecule has 0 fully saturated rings. The van der Waals surface area contributed by atoms with Crippen LogP contribution in [0, 0.1) is 0 Å². The average Bonchev–Trinajstić information content (AvgIpc) is 3.20. The molecule has 2 unspecified atom stereocenters. The van der Waals surface area contributed by atoms with Crippen LogP contribution in [0.5, 0.6) is 0 Å². The number of pyridine rings is 1. The predicted octanol–water partition coefficient (Wildman–Crippen LogP) is 4.45. The second-order valence-corrected chi connectivity index (χ2v) is 8.72. The molecular formula is C25H26N4O2S. The van der Waals surface area contributed by atoms with Crippen LogP contribution in [0.3, 0.4) is 0 Å². The SMILES string of the molecule is CSCCC(NC(=O)c1cc2c(cn1)[nH]c1ccccc12)C(=O)NC(C)c1ccccc1. The van der Waals surface area contributed by atoms with E-state index in [1.807, 2.05) is 67.8 Å². The van der Waals surface area contributed by atoms with Gasteiger partial charge in [-0.3, -0.25) is 9.59 Å². The van der Waals surface area contributed by atoms with Crippen molar-refractivity contribution in [3.8, 4) is 0 Å². The van der Waals surface area contributed by atoms with Crippen molar-refractivity contribution in [3.63, 3.8) is 0 Å². The number of thioether (sulfide) groups is 1. The maximum atomic E-state index is 13.0. The minimum atomic E-state index is -0.637. The van der Waals surface area contributed by atoms with E-state index in [0.29, 0.717) is 12.1 Å². The van der Waals surface area contributed by atoms with Crippen molar-refractivity contribution >= 4 is 45.4 Å². The fourth-order valence-electron chi connectivity index (χ4n) is 3.75.